The maximum atomic E-state index is 13.3. The predicted molar refractivity (Wildman–Crippen MR) is 145 cm³/mol. The van der Waals surface area contributed by atoms with Crippen LogP contribution in [-0.2, 0) is 28.5 Å². The first kappa shape index (κ1) is 30.5. The van der Waals surface area contributed by atoms with E-state index in [1.807, 2.05) is 18.2 Å². The Bertz CT molecular complexity index is 857. The van der Waals surface area contributed by atoms with E-state index in [0.717, 1.165) is 5.56 Å². The molecule has 0 aliphatic carbocycles. The molecule has 1 aromatic carbocycles. The van der Waals surface area contributed by atoms with Gasteiger partial charge < -0.3 is 18.9 Å². The lowest BCUT2D eigenvalue weighted by Crippen LogP contribution is -2.56. The molecule has 36 heavy (non-hydrogen) atoms. The lowest BCUT2D eigenvalue weighted by atomic mass is 9.68. The molecule has 202 valence electrons. The Kier molecular flexibility index (Phi) is 10.4. The molecule has 0 spiro atoms. The van der Waals surface area contributed by atoms with Gasteiger partial charge in [0, 0.05) is 18.8 Å². The second kappa shape index (κ2) is 12.2. The van der Waals surface area contributed by atoms with Crippen LogP contribution in [0.5, 0.6) is 0 Å². The van der Waals surface area contributed by atoms with Gasteiger partial charge in [-0.3, -0.25) is 9.59 Å². The van der Waals surface area contributed by atoms with Crippen LogP contribution in [0.4, 0.5) is 0 Å². The molecule has 7 heteroatoms. The van der Waals surface area contributed by atoms with Crippen LogP contribution in [0, 0.1) is 16.2 Å². The molecule has 0 radical (unpaired) electrons. The van der Waals surface area contributed by atoms with Gasteiger partial charge in [0.2, 0.25) is 0 Å². The summed E-state index contributed by atoms with van der Waals surface area (Å²) >= 11 is 3.35. The molecule has 1 saturated heterocycles. The standard InChI is InChI=1S/C29H43BrO6/c1-10-33-25(31)29(17-19(3)30,26(32)34-11-2)18-21-35-23(27(4,5)6)22(20-15-13-12-14-16-20)24(36-21)28(7,8)9/h12-16,21-24H,3,10-11,17-18H2,1-2,4-9H3/t21?,22?,23-,24-/m0/s1. The summed E-state index contributed by atoms with van der Waals surface area (Å²) in [5, 5.41) is 0. The maximum absolute atomic E-state index is 13.3. The Balaban J connectivity index is 2.60. The van der Waals surface area contributed by atoms with E-state index in [1.165, 1.54) is 0 Å². The van der Waals surface area contributed by atoms with Gasteiger partial charge in [0.1, 0.15) is 0 Å². The van der Waals surface area contributed by atoms with Crippen LogP contribution in [0.15, 0.2) is 41.4 Å². The van der Waals surface area contributed by atoms with Crippen LogP contribution >= 0.6 is 15.9 Å². The molecule has 1 aliphatic heterocycles. The molecule has 0 amide bonds. The molecule has 0 unspecified atom stereocenters. The zero-order valence-corrected chi connectivity index (χ0v) is 24.6. The van der Waals surface area contributed by atoms with Gasteiger partial charge in [-0.25, -0.2) is 0 Å². The second-order valence-corrected chi connectivity index (χ2v) is 12.8. The molecule has 1 aromatic rings. The number of benzene rings is 1. The molecule has 0 bridgehead atoms. The molecule has 1 aliphatic rings. The van der Waals surface area contributed by atoms with Gasteiger partial charge >= 0.3 is 11.9 Å². The Labute approximate surface area is 225 Å². The van der Waals surface area contributed by atoms with Crippen LogP contribution in [0.25, 0.3) is 0 Å². The fourth-order valence-corrected chi connectivity index (χ4v) is 5.39. The summed E-state index contributed by atoms with van der Waals surface area (Å²) in [6.45, 7) is 20.4. The quantitative estimate of drug-likeness (QED) is 0.242. The third-order valence-corrected chi connectivity index (χ3v) is 6.76. The highest BCUT2D eigenvalue weighted by Gasteiger charge is 2.55. The summed E-state index contributed by atoms with van der Waals surface area (Å²) < 4.78 is 24.6. The zero-order valence-electron chi connectivity index (χ0n) is 23.1. The number of halogens is 1. The van der Waals surface area contributed by atoms with Crippen molar-refractivity contribution in [3.05, 3.63) is 47.0 Å². The van der Waals surface area contributed by atoms with Gasteiger partial charge in [-0.15, -0.1) is 0 Å². The molecule has 1 heterocycles. The molecular weight excluding hydrogens is 524 g/mol. The van der Waals surface area contributed by atoms with Crippen molar-refractivity contribution in [3.8, 4) is 0 Å². The SMILES string of the molecule is C=C(Br)CC(CC1O[C@H](C(C)(C)C)C(c2ccccc2)[C@@H](C(C)(C)C)O1)(C(=O)OCC)C(=O)OCC. The Hall–Kier alpha value is -1.70. The van der Waals surface area contributed by atoms with E-state index >= 15 is 0 Å². The van der Waals surface area contributed by atoms with Gasteiger partial charge in [0.05, 0.1) is 25.4 Å². The first-order valence-corrected chi connectivity index (χ1v) is 13.5. The van der Waals surface area contributed by atoms with Gasteiger partial charge in [-0.05, 0) is 34.7 Å². The van der Waals surface area contributed by atoms with Crippen molar-refractivity contribution in [1.82, 2.24) is 0 Å². The van der Waals surface area contributed by atoms with Crippen molar-refractivity contribution in [3.63, 3.8) is 0 Å². The predicted octanol–water partition coefficient (Wildman–Crippen LogP) is 6.77. The number of carbonyl (C=O) groups is 2. The van der Waals surface area contributed by atoms with Gasteiger partial charge in [0.25, 0.3) is 0 Å². The second-order valence-electron chi connectivity index (χ2n) is 11.6. The van der Waals surface area contributed by atoms with Gasteiger partial charge in [0.15, 0.2) is 11.7 Å². The van der Waals surface area contributed by atoms with E-state index in [9.17, 15) is 9.59 Å². The molecule has 0 aromatic heterocycles. The third kappa shape index (κ3) is 7.20. The van der Waals surface area contributed by atoms with Crippen molar-refractivity contribution in [1.29, 1.82) is 0 Å². The first-order chi connectivity index (χ1) is 16.7. The van der Waals surface area contributed by atoms with E-state index in [1.54, 1.807) is 13.8 Å². The lowest BCUT2D eigenvalue weighted by molar-refractivity contribution is -0.297. The summed E-state index contributed by atoms with van der Waals surface area (Å²) in [5.74, 6) is -1.38. The third-order valence-electron chi connectivity index (χ3n) is 6.48. The molecule has 6 nitrogen and oxygen atoms in total. The van der Waals surface area contributed by atoms with Gasteiger partial charge in [-0.1, -0.05) is 94.4 Å². The number of hydrogen-bond acceptors (Lipinski definition) is 6. The first-order valence-electron chi connectivity index (χ1n) is 12.7. The van der Waals surface area contributed by atoms with Crippen LogP contribution in [0.1, 0.15) is 79.7 Å². The average Bonchev–Trinajstić information content (AvgIpc) is 2.77. The van der Waals surface area contributed by atoms with Crippen molar-refractivity contribution < 1.29 is 28.5 Å². The maximum Gasteiger partial charge on any atom is 0.324 e. The van der Waals surface area contributed by atoms with Crippen molar-refractivity contribution >= 4 is 27.9 Å². The highest BCUT2D eigenvalue weighted by atomic mass is 79.9. The van der Waals surface area contributed by atoms with E-state index < -0.39 is 23.6 Å². The van der Waals surface area contributed by atoms with Crippen LogP contribution in [0.3, 0.4) is 0 Å². The van der Waals surface area contributed by atoms with Gasteiger partial charge in [-0.2, -0.15) is 0 Å². The summed E-state index contributed by atoms with van der Waals surface area (Å²) in [4.78, 5) is 26.7. The Morgan fingerprint density at radius 2 is 1.33 bits per heavy atom. The highest BCUT2D eigenvalue weighted by Crippen LogP contribution is 2.49. The largest absolute Gasteiger partial charge is 0.465 e. The number of esters is 2. The Morgan fingerprint density at radius 1 is 0.889 bits per heavy atom. The molecule has 2 rings (SSSR count). The fraction of sp³-hybridized carbons (Fsp3) is 0.655. The smallest absolute Gasteiger partial charge is 0.324 e. The monoisotopic (exact) mass is 566 g/mol. The fourth-order valence-electron chi connectivity index (χ4n) is 4.91. The van der Waals surface area contributed by atoms with Crippen molar-refractivity contribution in [2.45, 2.75) is 92.6 Å². The summed E-state index contributed by atoms with van der Waals surface area (Å²) in [7, 11) is 0. The average molecular weight is 568 g/mol. The number of ether oxygens (including phenoxy) is 4. The molecule has 0 saturated carbocycles. The highest BCUT2D eigenvalue weighted by molar-refractivity contribution is 9.11. The van der Waals surface area contributed by atoms with Crippen LogP contribution < -0.4 is 0 Å². The molecule has 2 atom stereocenters. The van der Waals surface area contributed by atoms with E-state index in [0.29, 0.717) is 4.48 Å². The minimum Gasteiger partial charge on any atom is -0.465 e. The number of hydrogen-bond donors (Lipinski definition) is 0. The van der Waals surface area contributed by atoms with Crippen molar-refractivity contribution in [2.24, 2.45) is 16.2 Å². The molecule has 0 N–H and O–H groups in total. The van der Waals surface area contributed by atoms with E-state index in [2.05, 4.69) is 76.2 Å². The lowest BCUT2D eigenvalue weighted by Gasteiger charge is -2.52. The minimum atomic E-state index is -1.65. The van der Waals surface area contributed by atoms with Crippen LogP contribution in [0.2, 0.25) is 0 Å². The van der Waals surface area contributed by atoms with E-state index in [-0.39, 0.29) is 55.0 Å². The van der Waals surface area contributed by atoms with Crippen molar-refractivity contribution in [2.75, 3.05) is 13.2 Å². The molecular formula is C29H43BrO6. The minimum absolute atomic E-state index is 0.0103. The summed E-state index contributed by atoms with van der Waals surface area (Å²) in [5.41, 5.74) is -1.02. The molecule has 1 fully saturated rings. The van der Waals surface area contributed by atoms with Crippen LogP contribution in [-0.4, -0.2) is 43.7 Å². The Morgan fingerprint density at radius 3 is 1.69 bits per heavy atom. The summed E-state index contributed by atoms with van der Waals surface area (Å²) in [6.07, 6.45) is -1.35. The number of rotatable bonds is 9. The number of allylic oxidation sites excluding steroid dienone is 1. The number of carbonyl (C=O) groups excluding carboxylic acids is 2. The van der Waals surface area contributed by atoms with E-state index in [4.69, 9.17) is 18.9 Å². The topological polar surface area (TPSA) is 71.1 Å². The zero-order chi connectivity index (χ0) is 27.3. The summed E-state index contributed by atoms with van der Waals surface area (Å²) in [6, 6.07) is 10.2. The normalized spacial score (nSPS) is 23.1.